The second-order valence-corrected chi connectivity index (χ2v) is 12.8. The minimum atomic E-state index is -0.834. The largest absolute Gasteiger partial charge is 0.462 e. The molecule has 0 aromatic heterocycles. The third kappa shape index (κ3) is 39.1. The zero-order chi connectivity index (χ0) is 38.7. The molecule has 0 amide bonds. The average molecular weight is 733 g/mol. The summed E-state index contributed by atoms with van der Waals surface area (Å²) in [6.45, 7) is 6.15. The highest BCUT2D eigenvalue weighted by molar-refractivity contribution is 5.71. The molecule has 296 valence electrons. The molecule has 1 atom stereocenters. The fourth-order valence-corrected chi connectivity index (χ4v) is 4.78. The van der Waals surface area contributed by atoms with E-state index < -0.39 is 12.1 Å². The van der Waals surface area contributed by atoms with E-state index in [1.807, 2.05) is 12.2 Å². The first-order valence-electron chi connectivity index (χ1n) is 20.4. The summed E-state index contributed by atoms with van der Waals surface area (Å²) in [4.78, 5) is 37.3. The van der Waals surface area contributed by atoms with Crippen LogP contribution in [0.3, 0.4) is 0 Å². The zero-order valence-electron chi connectivity index (χ0n) is 33.5. The number of hydrogen-bond donors (Lipinski definition) is 0. The molecule has 0 radical (unpaired) electrons. The second kappa shape index (κ2) is 40.8. The van der Waals surface area contributed by atoms with Crippen molar-refractivity contribution in [1.29, 1.82) is 0 Å². The van der Waals surface area contributed by atoms with Crippen molar-refractivity contribution in [1.82, 2.24) is 0 Å². The summed E-state index contributed by atoms with van der Waals surface area (Å²) in [5.74, 6) is -1.10. The van der Waals surface area contributed by atoms with Crippen molar-refractivity contribution in [2.24, 2.45) is 0 Å². The van der Waals surface area contributed by atoms with Crippen molar-refractivity contribution >= 4 is 17.9 Å². The van der Waals surface area contributed by atoms with Crippen molar-refractivity contribution in [3.8, 4) is 0 Å². The molecule has 53 heavy (non-hydrogen) atoms. The van der Waals surface area contributed by atoms with Gasteiger partial charge in [0.25, 0.3) is 0 Å². The fraction of sp³-hybridized carbons (Fsp3) is 0.553. The van der Waals surface area contributed by atoms with Gasteiger partial charge in [-0.15, -0.1) is 0 Å². The van der Waals surface area contributed by atoms with Crippen LogP contribution in [0.5, 0.6) is 0 Å². The highest BCUT2D eigenvalue weighted by atomic mass is 16.6. The lowest BCUT2D eigenvalue weighted by molar-refractivity contribution is -0.166. The number of allylic oxidation sites excluding steroid dienone is 18. The van der Waals surface area contributed by atoms with Crippen molar-refractivity contribution in [3.05, 3.63) is 109 Å². The molecule has 6 heteroatoms. The molecule has 0 spiro atoms. The SMILES string of the molecule is CC/C=C\C/C=C\C/C=C\C/C=C\C/C=C\CCCC(=O)OCC(COC(=O)CCCCCCC)OC(=O)CC/C=C\C/C=C\C/C=C\C/C=C\CC. The zero-order valence-corrected chi connectivity index (χ0v) is 33.5. The van der Waals surface area contributed by atoms with Gasteiger partial charge in [-0.1, -0.05) is 156 Å². The molecule has 0 aromatic carbocycles. The molecule has 0 N–H and O–H groups in total. The van der Waals surface area contributed by atoms with Crippen LogP contribution in [-0.4, -0.2) is 37.2 Å². The topological polar surface area (TPSA) is 78.9 Å². The van der Waals surface area contributed by atoms with Gasteiger partial charge in [0.1, 0.15) is 13.2 Å². The quantitative estimate of drug-likeness (QED) is 0.0284. The molecule has 0 aliphatic carbocycles. The lowest BCUT2D eigenvalue weighted by atomic mass is 10.1. The van der Waals surface area contributed by atoms with Crippen LogP contribution in [0.4, 0.5) is 0 Å². The van der Waals surface area contributed by atoms with Crippen molar-refractivity contribution in [3.63, 3.8) is 0 Å². The minimum absolute atomic E-state index is 0.128. The van der Waals surface area contributed by atoms with Crippen LogP contribution in [0.15, 0.2) is 109 Å². The van der Waals surface area contributed by atoms with Gasteiger partial charge >= 0.3 is 17.9 Å². The molecule has 0 bridgehead atoms. The van der Waals surface area contributed by atoms with E-state index in [4.69, 9.17) is 14.2 Å². The summed E-state index contributed by atoms with van der Waals surface area (Å²) in [5.41, 5.74) is 0. The fourth-order valence-electron chi connectivity index (χ4n) is 4.78. The van der Waals surface area contributed by atoms with E-state index in [0.717, 1.165) is 96.3 Å². The van der Waals surface area contributed by atoms with Gasteiger partial charge in [0, 0.05) is 19.3 Å². The Balaban J connectivity index is 4.49. The Bertz CT molecular complexity index is 1160. The monoisotopic (exact) mass is 733 g/mol. The number of carbonyl (C=O) groups is 3. The molecular weight excluding hydrogens is 661 g/mol. The molecule has 6 nitrogen and oxygen atoms in total. The van der Waals surface area contributed by atoms with Crippen LogP contribution in [0, 0.1) is 0 Å². The molecule has 0 saturated heterocycles. The second-order valence-electron chi connectivity index (χ2n) is 12.8. The van der Waals surface area contributed by atoms with E-state index in [0.29, 0.717) is 19.3 Å². The van der Waals surface area contributed by atoms with Gasteiger partial charge in [-0.25, -0.2) is 0 Å². The van der Waals surface area contributed by atoms with Crippen LogP contribution in [-0.2, 0) is 28.6 Å². The lowest BCUT2D eigenvalue weighted by Crippen LogP contribution is -2.30. The standard InChI is InChI=1S/C47H72O6/c1-4-7-10-13-15-17-19-21-22-23-24-26-27-29-31-34-37-40-46(49)52-43-44(42-51-45(48)39-36-33-12-9-6-3)53-47(50)41-38-35-32-30-28-25-20-18-16-14-11-8-5-2/h7-8,10-11,15-18,21-22,24-26,28-29,31-32,35,44H,4-6,9,12-14,19-20,23,27,30,33-34,36-43H2,1-3H3/b10-7-,11-8-,17-15-,18-16-,22-21-,26-24-,28-25-,31-29-,35-32-. The highest BCUT2D eigenvalue weighted by Gasteiger charge is 2.19. The summed E-state index contributed by atoms with van der Waals surface area (Å²) in [7, 11) is 0. The molecule has 0 rings (SSSR count). The Kier molecular flexibility index (Phi) is 37.8. The van der Waals surface area contributed by atoms with E-state index in [9.17, 15) is 14.4 Å². The van der Waals surface area contributed by atoms with Crippen LogP contribution in [0.2, 0.25) is 0 Å². The van der Waals surface area contributed by atoms with Crippen LogP contribution >= 0.6 is 0 Å². The van der Waals surface area contributed by atoms with Crippen LogP contribution in [0.25, 0.3) is 0 Å². The molecule has 0 saturated carbocycles. The maximum Gasteiger partial charge on any atom is 0.306 e. The van der Waals surface area contributed by atoms with Gasteiger partial charge in [-0.2, -0.15) is 0 Å². The Morgan fingerprint density at radius 2 is 0.774 bits per heavy atom. The lowest BCUT2D eigenvalue weighted by Gasteiger charge is -2.18. The van der Waals surface area contributed by atoms with Crippen LogP contribution in [0.1, 0.15) is 149 Å². The Labute approximate surface area is 323 Å². The van der Waals surface area contributed by atoms with Gasteiger partial charge < -0.3 is 14.2 Å². The van der Waals surface area contributed by atoms with Gasteiger partial charge in [0.05, 0.1) is 0 Å². The first-order valence-corrected chi connectivity index (χ1v) is 20.4. The Hall–Kier alpha value is -3.93. The van der Waals surface area contributed by atoms with E-state index >= 15 is 0 Å². The number of esters is 3. The van der Waals surface area contributed by atoms with E-state index in [1.165, 1.54) is 0 Å². The number of ether oxygens (including phenoxy) is 3. The van der Waals surface area contributed by atoms with Crippen molar-refractivity contribution in [2.45, 2.75) is 155 Å². The third-order valence-corrected chi connectivity index (χ3v) is 7.79. The number of unbranched alkanes of at least 4 members (excludes halogenated alkanes) is 5. The third-order valence-electron chi connectivity index (χ3n) is 7.79. The summed E-state index contributed by atoms with van der Waals surface area (Å²) in [6.07, 6.45) is 54.1. The maximum absolute atomic E-state index is 12.6. The molecule has 1 unspecified atom stereocenters. The Morgan fingerprint density at radius 3 is 1.21 bits per heavy atom. The van der Waals surface area contributed by atoms with Gasteiger partial charge in [-0.05, 0) is 83.5 Å². The summed E-state index contributed by atoms with van der Waals surface area (Å²) < 4.78 is 16.4. The number of carbonyl (C=O) groups excluding carboxylic acids is 3. The number of hydrogen-bond acceptors (Lipinski definition) is 6. The molecule has 0 fully saturated rings. The molecule has 0 aliphatic rings. The van der Waals surface area contributed by atoms with E-state index in [2.05, 4.69) is 118 Å². The predicted molar refractivity (Wildman–Crippen MR) is 223 cm³/mol. The number of rotatable bonds is 34. The summed E-state index contributed by atoms with van der Waals surface area (Å²) in [5, 5.41) is 0. The predicted octanol–water partition coefficient (Wildman–Crippen LogP) is 12.9. The maximum atomic E-state index is 12.6. The summed E-state index contributed by atoms with van der Waals surface area (Å²) >= 11 is 0. The van der Waals surface area contributed by atoms with Crippen LogP contribution < -0.4 is 0 Å². The molecule has 0 aliphatic heterocycles. The molecule has 0 aromatic rings. The Morgan fingerprint density at radius 1 is 0.396 bits per heavy atom. The smallest absolute Gasteiger partial charge is 0.306 e. The van der Waals surface area contributed by atoms with Gasteiger partial charge in [-0.3, -0.25) is 14.4 Å². The van der Waals surface area contributed by atoms with Gasteiger partial charge in [0.15, 0.2) is 6.10 Å². The molecule has 0 heterocycles. The van der Waals surface area contributed by atoms with Gasteiger partial charge in [0.2, 0.25) is 0 Å². The van der Waals surface area contributed by atoms with E-state index in [-0.39, 0.29) is 38.0 Å². The summed E-state index contributed by atoms with van der Waals surface area (Å²) in [6, 6.07) is 0. The highest BCUT2D eigenvalue weighted by Crippen LogP contribution is 2.09. The first kappa shape index (κ1) is 49.1. The average Bonchev–Trinajstić information content (AvgIpc) is 3.15. The van der Waals surface area contributed by atoms with Crippen molar-refractivity contribution < 1.29 is 28.6 Å². The molecular formula is C47H72O6. The minimum Gasteiger partial charge on any atom is -0.462 e. The van der Waals surface area contributed by atoms with E-state index in [1.54, 1.807) is 0 Å². The first-order chi connectivity index (χ1) is 26.0. The normalized spacial score (nSPS) is 13.2. The van der Waals surface area contributed by atoms with Crippen molar-refractivity contribution in [2.75, 3.05) is 13.2 Å².